The average molecular weight is 476 g/mol. The van der Waals surface area contributed by atoms with Gasteiger partial charge in [0.25, 0.3) is 0 Å². The van der Waals surface area contributed by atoms with Crippen LogP contribution >= 0.6 is 0 Å². The average Bonchev–Trinajstić information content (AvgIpc) is 3.53. The molecule has 9 nitrogen and oxygen atoms in total. The summed E-state index contributed by atoms with van der Waals surface area (Å²) in [6, 6.07) is 8.86. The number of aryl methyl sites for hydroxylation is 1. The first-order valence-corrected chi connectivity index (χ1v) is 11.5. The largest absolute Gasteiger partial charge is 0.491 e. The van der Waals surface area contributed by atoms with Gasteiger partial charge in [0.1, 0.15) is 18.0 Å². The molecule has 5 rings (SSSR count). The van der Waals surface area contributed by atoms with Gasteiger partial charge in [0.2, 0.25) is 11.7 Å². The van der Waals surface area contributed by atoms with Crippen molar-refractivity contribution in [2.45, 2.75) is 19.8 Å². The van der Waals surface area contributed by atoms with Crippen molar-refractivity contribution in [3.63, 3.8) is 0 Å². The van der Waals surface area contributed by atoms with E-state index < -0.39 is 17.7 Å². The molecule has 0 bridgehead atoms. The summed E-state index contributed by atoms with van der Waals surface area (Å²) in [5, 5.41) is 9.78. The Hall–Kier alpha value is -3.98. The first kappa shape index (κ1) is 22.8. The molecule has 1 saturated carbocycles. The quantitative estimate of drug-likeness (QED) is 0.290. The van der Waals surface area contributed by atoms with Crippen LogP contribution in [0.3, 0.4) is 0 Å². The van der Waals surface area contributed by atoms with Gasteiger partial charge in [0.05, 0.1) is 18.9 Å². The van der Waals surface area contributed by atoms with E-state index in [1.165, 1.54) is 0 Å². The maximum Gasteiger partial charge on any atom is 0.326 e. The van der Waals surface area contributed by atoms with Gasteiger partial charge in [-0.2, -0.15) is 0 Å². The minimum absolute atomic E-state index is 0.0161. The molecule has 0 radical (unpaired) electrons. The number of rotatable bonds is 8. The van der Waals surface area contributed by atoms with Crippen molar-refractivity contribution >= 4 is 40.4 Å². The zero-order valence-electron chi connectivity index (χ0n) is 19.2. The molecule has 1 saturated heterocycles. The molecule has 3 aromatic rings. The fourth-order valence-corrected chi connectivity index (χ4v) is 3.80. The first-order valence-electron chi connectivity index (χ1n) is 11.5. The molecule has 0 spiro atoms. The minimum Gasteiger partial charge on any atom is -0.491 e. The van der Waals surface area contributed by atoms with Gasteiger partial charge in [-0.25, -0.2) is 9.98 Å². The third-order valence-electron chi connectivity index (χ3n) is 5.89. The lowest BCUT2D eigenvalue weighted by molar-refractivity contribution is -0.148. The van der Waals surface area contributed by atoms with Crippen LogP contribution in [0.1, 0.15) is 24.0 Å². The number of aliphatic hydroxyl groups excluding tert-OH is 1. The van der Waals surface area contributed by atoms with E-state index in [9.17, 15) is 9.59 Å². The second-order valence-corrected chi connectivity index (χ2v) is 8.60. The predicted octanol–water partition coefficient (Wildman–Crippen LogP) is 3.48. The van der Waals surface area contributed by atoms with Gasteiger partial charge in [-0.15, -0.1) is 0 Å². The Kier molecular flexibility index (Phi) is 6.33. The summed E-state index contributed by atoms with van der Waals surface area (Å²) in [4.78, 5) is 38.0. The molecule has 0 amide bonds. The Morgan fingerprint density at radius 2 is 2.20 bits per heavy atom. The number of allylic oxidation sites excluding steroid dienone is 1. The van der Waals surface area contributed by atoms with Crippen LogP contribution in [0, 0.1) is 18.8 Å². The third kappa shape index (κ3) is 4.95. The van der Waals surface area contributed by atoms with Crippen LogP contribution < -0.4 is 4.74 Å². The van der Waals surface area contributed by atoms with Crippen molar-refractivity contribution in [2.75, 3.05) is 19.8 Å². The standard InChI is InChI=1S/C26H25N3O6/c1-15-11-18(33-10-9-30)6-7-20(15)29-25-22(26(32)34-14-16-4-5-16)23(31)21(35-25)12-17-13-28-24-19(17)3-2-8-27-24/h2-3,6-8,11-13,16,22,30H,4-5,9-10,14H2,1H3,(H,27,28)/b21-12-,29-25?. The van der Waals surface area contributed by atoms with Crippen LogP contribution in [-0.2, 0) is 19.1 Å². The molecule has 1 atom stereocenters. The van der Waals surface area contributed by atoms with E-state index in [0.29, 0.717) is 35.2 Å². The van der Waals surface area contributed by atoms with E-state index in [0.717, 1.165) is 23.8 Å². The normalized spacial score (nSPS) is 19.9. The maximum absolute atomic E-state index is 13.3. The highest BCUT2D eigenvalue weighted by atomic mass is 16.5. The van der Waals surface area contributed by atoms with Gasteiger partial charge in [-0.05, 0) is 67.7 Å². The summed E-state index contributed by atoms with van der Waals surface area (Å²) in [7, 11) is 0. The fraction of sp³-hybridized carbons (Fsp3) is 0.308. The maximum atomic E-state index is 13.3. The van der Waals surface area contributed by atoms with Crippen LogP contribution in [0.25, 0.3) is 17.1 Å². The van der Waals surface area contributed by atoms with E-state index >= 15 is 0 Å². The zero-order valence-corrected chi connectivity index (χ0v) is 19.2. The summed E-state index contributed by atoms with van der Waals surface area (Å²) in [6.45, 7) is 2.21. The van der Waals surface area contributed by atoms with Crippen molar-refractivity contribution in [1.82, 2.24) is 9.97 Å². The molecule has 35 heavy (non-hydrogen) atoms. The Morgan fingerprint density at radius 1 is 1.34 bits per heavy atom. The Morgan fingerprint density at radius 3 is 2.97 bits per heavy atom. The van der Waals surface area contributed by atoms with Crippen molar-refractivity contribution in [3.05, 3.63) is 59.6 Å². The van der Waals surface area contributed by atoms with Crippen LogP contribution in [0.2, 0.25) is 0 Å². The minimum atomic E-state index is -1.27. The lowest BCUT2D eigenvalue weighted by Gasteiger charge is -2.10. The highest BCUT2D eigenvalue weighted by Gasteiger charge is 2.45. The predicted molar refractivity (Wildman–Crippen MR) is 128 cm³/mol. The zero-order chi connectivity index (χ0) is 24.4. The third-order valence-corrected chi connectivity index (χ3v) is 5.89. The smallest absolute Gasteiger partial charge is 0.326 e. The number of nitrogens with one attached hydrogen (secondary N) is 1. The molecule has 2 aromatic heterocycles. The van der Waals surface area contributed by atoms with Gasteiger partial charge in [-0.3, -0.25) is 9.59 Å². The van der Waals surface area contributed by atoms with Crippen LogP contribution in [0.4, 0.5) is 5.69 Å². The number of fused-ring (bicyclic) bond motifs is 1. The number of aliphatic hydroxyl groups is 1. The van der Waals surface area contributed by atoms with E-state index in [1.54, 1.807) is 42.7 Å². The fourth-order valence-electron chi connectivity index (χ4n) is 3.80. The number of ether oxygens (including phenoxy) is 3. The molecule has 1 aromatic carbocycles. The molecular formula is C26H25N3O6. The first-order chi connectivity index (χ1) is 17.0. The van der Waals surface area contributed by atoms with Gasteiger partial charge in [0.15, 0.2) is 11.7 Å². The lowest BCUT2D eigenvalue weighted by atomic mass is 10.0. The second-order valence-electron chi connectivity index (χ2n) is 8.60. The van der Waals surface area contributed by atoms with Crippen LogP contribution in [0.15, 0.2) is 53.5 Å². The molecule has 9 heteroatoms. The van der Waals surface area contributed by atoms with Gasteiger partial charge in [0, 0.05) is 23.3 Å². The number of hydrogen-bond acceptors (Lipinski definition) is 8. The molecular weight excluding hydrogens is 450 g/mol. The molecule has 1 aliphatic heterocycles. The number of nitrogens with zero attached hydrogens (tertiary/aromatic N) is 2. The van der Waals surface area contributed by atoms with Crippen molar-refractivity contribution in [1.29, 1.82) is 0 Å². The lowest BCUT2D eigenvalue weighted by Crippen LogP contribution is -2.28. The second kappa shape index (κ2) is 9.71. The number of Topliss-reactive ketones (excluding diaryl/α,β-unsaturated/α-hetero) is 1. The molecule has 2 aliphatic rings. The molecule has 2 fully saturated rings. The number of aromatic amines is 1. The van der Waals surface area contributed by atoms with Crippen molar-refractivity contribution in [2.24, 2.45) is 16.8 Å². The Labute approximate surface area is 201 Å². The molecule has 2 N–H and O–H groups in total. The number of ketones is 1. The van der Waals surface area contributed by atoms with Crippen LogP contribution in [0.5, 0.6) is 5.75 Å². The highest BCUT2D eigenvalue weighted by molar-refractivity contribution is 6.27. The molecule has 3 heterocycles. The van der Waals surface area contributed by atoms with E-state index in [4.69, 9.17) is 19.3 Å². The number of benzene rings is 1. The summed E-state index contributed by atoms with van der Waals surface area (Å²) in [5.74, 6) is -1.49. The SMILES string of the molecule is Cc1cc(OCCO)ccc1N=C1O/C(=C\c2c[nH]c3ncccc23)C(=O)C1C(=O)OCC1CC1. The van der Waals surface area contributed by atoms with Crippen molar-refractivity contribution < 1.29 is 28.9 Å². The number of aromatic nitrogens is 2. The molecule has 1 unspecified atom stereocenters. The van der Waals surface area contributed by atoms with E-state index in [1.807, 2.05) is 13.0 Å². The number of pyridine rings is 1. The van der Waals surface area contributed by atoms with Crippen molar-refractivity contribution in [3.8, 4) is 5.75 Å². The van der Waals surface area contributed by atoms with E-state index in [2.05, 4.69) is 15.0 Å². The monoisotopic (exact) mass is 475 g/mol. The molecule has 1 aliphatic carbocycles. The summed E-state index contributed by atoms with van der Waals surface area (Å²) < 4.78 is 16.7. The topological polar surface area (TPSA) is 123 Å². The number of H-pyrrole nitrogens is 1. The summed E-state index contributed by atoms with van der Waals surface area (Å²) in [5.41, 5.74) is 2.68. The summed E-state index contributed by atoms with van der Waals surface area (Å²) >= 11 is 0. The van der Waals surface area contributed by atoms with Crippen LogP contribution in [-0.4, -0.2) is 52.5 Å². The highest BCUT2D eigenvalue weighted by Crippen LogP contribution is 2.33. The Bertz CT molecular complexity index is 1340. The van der Waals surface area contributed by atoms with Gasteiger partial charge in [-0.1, -0.05) is 0 Å². The number of carbonyl (C=O) groups excluding carboxylic acids is 2. The number of esters is 1. The Balaban J connectivity index is 1.47. The number of aliphatic imine (C=N–C) groups is 1. The molecule has 180 valence electrons. The van der Waals surface area contributed by atoms with Gasteiger partial charge < -0.3 is 24.3 Å². The number of hydrogen-bond donors (Lipinski definition) is 2. The van der Waals surface area contributed by atoms with E-state index in [-0.39, 0.29) is 24.9 Å². The summed E-state index contributed by atoms with van der Waals surface area (Å²) in [6.07, 6.45) is 7.03. The number of carbonyl (C=O) groups is 2. The van der Waals surface area contributed by atoms with Gasteiger partial charge >= 0.3 is 5.97 Å².